The molecule has 0 radical (unpaired) electrons. The van der Waals surface area contributed by atoms with Gasteiger partial charge in [-0.2, -0.15) is 0 Å². The molecule has 27 heavy (non-hydrogen) atoms. The molecule has 0 bridgehead atoms. The minimum absolute atomic E-state index is 0.139. The SMILES string of the molecule is C[C@@H]1C(=O)N(Cc2ccccc2)Cc2nnc(CCCN3CCOCC3)n21. The van der Waals surface area contributed by atoms with Gasteiger partial charge in [0.25, 0.3) is 0 Å². The van der Waals surface area contributed by atoms with Crippen LogP contribution in [0.25, 0.3) is 0 Å². The monoisotopic (exact) mass is 369 g/mol. The Bertz CT molecular complexity index is 770. The fraction of sp³-hybridized carbons (Fsp3) is 0.550. The molecule has 0 spiro atoms. The van der Waals surface area contributed by atoms with Crippen molar-refractivity contribution in [1.29, 1.82) is 0 Å². The average molecular weight is 369 g/mol. The van der Waals surface area contributed by atoms with E-state index in [9.17, 15) is 4.79 Å². The molecule has 2 aliphatic rings. The fourth-order valence-corrected chi connectivity index (χ4v) is 3.93. The molecule has 1 saturated heterocycles. The number of carbonyl (C=O) groups excluding carboxylic acids is 1. The van der Waals surface area contributed by atoms with Crippen molar-refractivity contribution in [3.05, 3.63) is 47.5 Å². The Morgan fingerprint density at radius 2 is 1.93 bits per heavy atom. The molecule has 0 N–H and O–H groups in total. The average Bonchev–Trinajstić information content (AvgIpc) is 3.10. The van der Waals surface area contributed by atoms with Crippen LogP contribution in [-0.4, -0.2) is 63.3 Å². The summed E-state index contributed by atoms with van der Waals surface area (Å²) < 4.78 is 7.44. The lowest BCUT2D eigenvalue weighted by atomic mass is 10.1. The first-order valence-corrected chi connectivity index (χ1v) is 9.78. The third kappa shape index (κ3) is 4.04. The van der Waals surface area contributed by atoms with Crippen LogP contribution in [0, 0.1) is 0 Å². The van der Waals surface area contributed by atoms with Crippen LogP contribution >= 0.6 is 0 Å². The van der Waals surface area contributed by atoms with Gasteiger partial charge in [0.15, 0.2) is 5.82 Å². The summed E-state index contributed by atoms with van der Waals surface area (Å²) in [6, 6.07) is 9.85. The zero-order valence-electron chi connectivity index (χ0n) is 15.9. The van der Waals surface area contributed by atoms with Gasteiger partial charge in [-0.05, 0) is 25.5 Å². The molecule has 7 heteroatoms. The third-order valence-electron chi connectivity index (χ3n) is 5.42. The predicted molar refractivity (Wildman–Crippen MR) is 101 cm³/mol. The standard InChI is InChI=1S/C20H27N5O2/c1-16-20(26)24(14-17-6-3-2-4-7-17)15-19-22-21-18(25(16)19)8-5-9-23-10-12-27-13-11-23/h2-4,6-7,16H,5,8-15H2,1H3/t16-/m1/s1. The van der Waals surface area contributed by atoms with Gasteiger partial charge < -0.3 is 14.2 Å². The summed E-state index contributed by atoms with van der Waals surface area (Å²) in [4.78, 5) is 17.2. The zero-order chi connectivity index (χ0) is 18.6. The van der Waals surface area contributed by atoms with Gasteiger partial charge in [0.2, 0.25) is 5.91 Å². The van der Waals surface area contributed by atoms with E-state index in [1.54, 1.807) is 0 Å². The van der Waals surface area contributed by atoms with Gasteiger partial charge in [0.1, 0.15) is 11.9 Å². The van der Waals surface area contributed by atoms with Crippen molar-refractivity contribution in [3.8, 4) is 0 Å². The van der Waals surface area contributed by atoms with E-state index in [4.69, 9.17) is 4.74 Å². The van der Waals surface area contributed by atoms with Gasteiger partial charge >= 0.3 is 0 Å². The first-order valence-electron chi connectivity index (χ1n) is 9.78. The molecule has 7 nitrogen and oxygen atoms in total. The van der Waals surface area contributed by atoms with Crippen LogP contribution in [0.3, 0.4) is 0 Å². The van der Waals surface area contributed by atoms with E-state index in [2.05, 4.69) is 15.1 Å². The summed E-state index contributed by atoms with van der Waals surface area (Å²) in [5, 5.41) is 8.78. The maximum absolute atomic E-state index is 12.9. The fourth-order valence-electron chi connectivity index (χ4n) is 3.93. The number of aromatic nitrogens is 3. The lowest BCUT2D eigenvalue weighted by Crippen LogP contribution is -2.41. The quantitative estimate of drug-likeness (QED) is 0.775. The summed E-state index contributed by atoms with van der Waals surface area (Å²) in [5.74, 6) is 1.96. The van der Waals surface area contributed by atoms with Gasteiger partial charge in [-0.3, -0.25) is 9.69 Å². The number of nitrogens with zero attached hydrogens (tertiary/aromatic N) is 5. The molecule has 4 rings (SSSR count). The largest absolute Gasteiger partial charge is 0.379 e. The van der Waals surface area contributed by atoms with Crippen LogP contribution in [0.1, 0.15) is 36.6 Å². The summed E-state index contributed by atoms with van der Waals surface area (Å²) in [5.41, 5.74) is 1.14. The van der Waals surface area contributed by atoms with Crippen molar-refractivity contribution in [2.75, 3.05) is 32.8 Å². The first kappa shape index (κ1) is 18.1. The molecule has 144 valence electrons. The molecule has 1 atom stereocenters. The molecule has 1 amide bonds. The van der Waals surface area contributed by atoms with Crippen molar-refractivity contribution >= 4 is 5.91 Å². The molecule has 1 aromatic carbocycles. The first-order chi connectivity index (χ1) is 13.2. The normalized spacial score (nSPS) is 20.7. The van der Waals surface area contributed by atoms with Gasteiger partial charge in [-0.25, -0.2) is 0 Å². The summed E-state index contributed by atoms with van der Waals surface area (Å²) in [7, 11) is 0. The van der Waals surface area contributed by atoms with Crippen LogP contribution in [0.15, 0.2) is 30.3 Å². The second-order valence-electron chi connectivity index (χ2n) is 7.32. The molecule has 1 fully saturated rings. The van der Waals surface area contributed by atoms with Gasteiger partial charge in [0.05, 0.1) is 19.8 Å². The molecular weight excluding hydrogens is 342 g/mol. The third-order valence-corrected chi connectivity index (χ3v) is 5.42. The topological polar surface area (TPSA) is 63.5 Å². The van der Waals surface area contributed by atoms with E-state index in [1.807, 2.05) is 46.7 Å². The Morgan fingerprint density at radius 3 is 2.70 bits per heavy atom. The molecule has 2 aromatic rings. The number of amides is 1. The zero-order valence-corrected chi connectivity index (χ0v) is 15.9. The van der Waals surface area contributed by atoms with Gasteiger partial charge in [-0.15, -0.1) is 10.2 Å². The van der Waals surface area contributed by atoms with Gasteiger partial charge in [0, 0.05) is 26.1 Å². The molecule has 3 heterocycles. The lowest BCUT2D eigenvalue weighted by molar-refractivity contribution is -0.137. The second kappa shape index (κ2) is 8.19. The Hall–Kier alpha value is -2.25. The highest BCUT2D eigenvalue weighted by atomic mass is 16.5. The van der Waals surface area contributed by atoms with Crippen LogP contribution in [0.2, 0.25) is 0 Å². The van der Waals surface area contributed by atoms with E-state index >= 15 is 0 Å². The lowest BCUT2D eigenvalue weighted by Gasteiger charge is -2.32. The van der Waals surface area contributed by atoms with Gasteiger partial charge in [-0.1, -0.05) is 30.3 Å². The minimum Gasteiger partial charge on any atom is -0.379 e. The van der Waals surface area contributed by atoms with Crippen molar-refractivity contribution < 1.29 is 9.53 Å². The molecule has 0 aliphatic carbocycles. The number of rotatable bonds is 6. The van der Waals surface area contributed by atoms with E-state index in [0.29, 0.717) is 13.1 Å². The second-order valence-corrected chi connectivity index (χ2v) is 7.32. The number of benzene rings is 1. The molecule has 2 aliphatic heterocycles. The number of carbonyl (C=O) groups is 1. The van der Waals surface area contributed by atoms with Crippen LogP contribution in [0.4, 0.5) is 0 Å². The molecule has 0 saturated carbocycles. The van der Waals surface area contributed by atoms with Crippen molar-refractivity contribution in [2.24, 2.45) is 0 Å². The predicted octanol–water partition coefficient (Wildman–Crippen LogP) is 1.65. The molecular formula is C20H27N5O2. The van der Waals surface area contributed by atoms with Crippen LogP contribution < -0.4 is 0 Å². The Labute approximate surface area is 159 Å². The van der Waals surface area contributed by atoms with Crippen molar-refractivity contribution in [2.45, 2.75) is 38.9 Å². The smallest absolute Gasteiger partial charge is 0.246 e. The van der Waals surface area contributed by atoms with E-state index in [-0.39, 0.29) is 11.9 Å². The molecule has 0 unspecified atom stereocenters. The van der Waals surface area contributed by atoms with Crippen molar-refractivity contribution in [3.63, 3.8) is 0 Å². The number of morpholine rings is 1. The Balaban J connectivity index is 1.40. The summed E-state index contributed by atoms with van der Waals surface area (Å²) in [6.45, 7) is 7.78. The highest BCUT2D eigenvalue weighted by molar-refractivity contribution is 5.81. The summed E-state index contributed by atoms with van der Waals surface area (Å²) in [6.07, 6.45) is 1.87. The summed E-state index contributed by atoms with van der Waals surface area (Å²) >= 11 is 0. The number of hydrogen-bond donors (Lipinski definition) is 0. The number of aryl methyl sites for hydroxylation is 1. The van der Waals surface area contributed by atoms with Crippen molar-refractivity contribution in [1.82, 2.24) is 24.6 Å². The van der Waals surface area contributed by atoms with Crippen LogP contribution in [-0.2, 0) is 29.0 Å². The number of fused-ring (bicyclic) bond motifs is 1. The highest BCUT2D eigenvalue weighted by Gasteiger charge is 2.32. The Kier molecular flexibility index (Phi) is 5.50. The van der Waals surface area contributed by atoms with E-state index in [1.165, 1.54) is 0 Å². The van der Waals surface area contributed by atoms with E-state index in [0.717, 1.165) is 62.9 Å². The minimum atomic E-state index is -0.245. The number of hydrogen-bond acceptors (Lipinski definition) is 5. The maximum atomic E-state index is 12.9. The highest BCUT2D eigenvalue weighted by Crippen LogP contribution is 2.24. The Morgan fingerprint density at radius 1 is 1.15 bits per heavy atom. The molecule has 1 aromatic heterocycles. The maximum Gasteiger partial charge on any atom is 0.246 e. The van der Waals surface area contributed by atoms with E-state index < -0.39 is 0 Å². The number of ether oxygens (including phenoxy) is 1. The van der Waals surface area contributed by atoms with Crippen LogP contribution in [0.5, 0.6) is 0 Å².